The van der Waals surface area contributed by atoms with Gasteiger partial charge >= 0.3 is 0 Å². The van der Waals surface area contributed by atoms with E-state index in [1.54, 1.807) is 35.2 Å². The number of amides is 2. The van der Waals surface area contributed by atoms with Crippen molar-refractivity contribution >= 4 is 29.1 Å². The highest BCUT2D eigenvalue weighted by Crippen LogP contribution is 2.24. The van der Waals surface area contributed by atoms with E-state index in [0.29, 0.717) is 31.0 Å². The molecule has 0 aromatic heterocycles. The Balaban J connectivity index is 1.59. The molecule has 136 valence electrons. The van der Waals surface area contributed by atoms with Crippen LogP contribution in [0.5, 0.6) is 0 Å². The lowest BCUT2D eigenvalue weighted by Crippen LogP contribution is -2.41. The third kappa shape index (κ3) is 4.05. The highest BCUT2D eigenvalue weighted by atomic mass is 35.5. The molecule has 2 amide bonds. The summed E-state index contributed by atoms with van der Waals surface area (Å²) in [5.41, 5.74) is 1.72. The van der Waals surface area contributed by atoms with Crippen molar-refractivity contribution in [2.24, 2.45) is 5.92 Å². The molecule has 1 saturated heterocycles. The van der Waals surface area contributed by atoms with Crippen LogP contribution in [0, 0.1) is 18.7 Å². The second kappa shape index (κ2) is 7.87. The maximum absolute atomic E-state index is 13.8. The van der Waals surface area contributed by atoms with Crippen molar-refractivity contribution < 1.29 is 14.0 Å². The third-order valence-corrected chi connectivity index (χ3v) is 4.94. The number of carbonyl (C=O) groups is 2. The van der Waals surface area contributed by atoms with Crippen molar-refractivity contribution in [3.05, 3.63) is 64.4 Å². The molecule has 0 saturated carbocycles. The zero-order chi connectivity index (χ0) is 18.7. The van der Waals surface area contributed by atoms with E-state index in [2.05, 4.69) is 5.32 Å². The molecule has 3 rings (SSSR count). The summed E-state index contributed by atoms with van der Waals surface area (Å²) in [6.45, 7) is 2.76. The highest BCUT2D eigenvalue weighted by Gasteiger charge is 2.28. The van der Waals surface area contributed by atoms with Crippen LogP contribution < -0.4 is 5.32 Å². The Kier molecular flexibility index (Phi) is 5.57. The second-order valence-electron chi connectivity index (χ2n) is 6.49. The topological polar surface area (TPSA) is 49.4 Å². The Hall–Kier alpha value is -2.40. The molecule has 0 spiro atoms. The predicted octanol–water partition coefficient (Wildman–Crippen LogP) is 4.28. The van der Waals surface area contributed by atoms with Gasteiger partial charge in [-0.2, -0.15) is 0 Å². The van der Waals surface area contributed by atoms with Gasteiger partial charge in [-0.3, -0.25) is 9.59 Å². The fourth-order valence-electron chi connectivity index (χ4n) is 3.15. The largest absolute Gasteiger partial charge is 0.339 e. The SMILES string of the molecule is Cc1cc(Cl)ccc1NC(=O)C1CCN(C(=O)c2ccccc2F)CC1. The summed E-state index contributed by atoms with van der Waals surface area (Å²) >= 11 is 5.93. The van der Waals surface area contributed by atoms with Crippen molar-refractivity contribution in [3.63, 3.8) is 0 Å². The number of likely N-dealkylation sites (tertiary alicyclic amines) is 1. The normalized spacial score (nSPS) is 15.0. The molecule has 2 aromatic carbocycles. The van der Waals surface area contributed by atoms with E-state index in [9.17, 15) is 14.0 Å². The summed E-state index contributed by atoms with van der Waals surface area (Å²) in [4.78, 5) is 26.5. The number of anilines is 1. The van der Waals surface area contributed by atoms with Gasteiger partial charge in [-0.15, -0.1) is 0 Å². The average Bonchev–Trinajstić information content (AvgIpc) is 2.64. The van der Waals surface area contributed by atoms with E-state index in [1.165, 1.54) is 12.1 Å². The standard InChI is InChI=1S/C20H20ClFN2O2/c1-13-12-15(21)6-7-18(13)23-19(25)14-8-10-24(11-9-14)20(26)16-4-2-3-5-17(16)22/h2-7,12,14H,8-11H2,1H3,(H,23,25). The monoisotopic (exact) mass is 374 g/mol. The van der Waals surface area contributed by atoms with E-state index < -0.39 is 5.82 Å². The van der Waals surface area contributed by atoms with E-state index in [1.807, 2.05) is 6.92 Å². The van der Waals surface area contributed by atoms with Gasteiger partial charge in [-0.1, -0.05) is 23.7 Å². The van der Waals surface area contributed by atoms with Gasteiger partial charge in [0.25, 0.3) is 5.91 Å². The molecule has 1 heterocycles. The second-order valence-corrected chi connectivity index (χ2v) is 6.93. The van der Waals surface area contributed by atoms with Gasteiger partial charge in [0.15, 0.2) is 0 Å². The van der Waals surface area contributed by atoms with Crippen LogP contribution in [0.2, 0.25) is 5.02 Å². The number of hydrogen-bond acceptors (Lipinski definition) is 2. The molecule has 6 heteroatoms. The van der Waals surface area contributed by atoms with Crippen LogP contribution in [0.4, 0.5) is 10.1 Å². The summed E-state index contributed by atoms with van der Waals surface area (Å²) in [5.74, 6) is -1.07. The summed E-state index contributed by atoms with van der Waals surface area (Å²) in [7, 11) is 0. The minimum Gasteiger partial charge on any atom is -0.339 e. The zero-order valence-corrected chi connectivity index (χ0v) is 15.2. The van der Waals surface area contributed by atoms with E-state index in [0.717, 1.165) is 11.3 Å². The third-order valence-electron chi connectivity index (χ3n) is 4.70. The van der Waals surface area contributed by atoms with Gasteiger partial charge in [0.2, 0.25) is 5.91 Å². The van der Waals surface area contributed by atoms with Crippen molar-refractivity contribution in [1.29, 1.82) is 0 Å². The van der Waals surface area contributed by atoms with Gasteiger partial charge < -0.3 is 10.2 Å². The number of nitrogens with zero attached hydrogens (tertiary/aromatic N) is 1. The van der Waals surface area contributed by atoms with Gasteiger partial charge in [-0.25, -0.2) is 4.39 Å². The molecule has 0 aliphatic carbocycles. The molecule has 1 fully saturated rings. The first-order valence-electron chi connectivity index (χ1n) is 8.56. The summed E-state index contributed by atoms with van der Waals surface area (Å²) in [5, 5.41) is 3.56. The number of hydrogen-bond donors (Lipinski definition) is 1. The number of aryl methyl sites for hydroxylation is 1. The van der Waals surface area contributed by atoms with Gasteiger partial charge in [0.1, 0.15) is 5.82 Å². The molecular weight excluding hydrogens is 355 g/mol. The molecule has 0 atom stereocenters. The van der Waals surface area contributed by atoms with E-state index in [4.69, 9.17) is 11.6 Å². The first-order chi connectivity index (χ1) is 12.5. The minimum absolute atomic E-state index is 0.0617. The van der Waals surface area contributed by atoms with Crippen LogP contribution in [-0.4, -0.2) is 29.8 Å². The van der Waals surface area contributed by atoms with Crippen LogP contribution in [0.1, 0.15) is 28.8 Å². The Labute approximate surface area is 157 Å². The van der Waals surface area contributed by atoms with Crippen molar-refractivity contribution in [2.75, 3.05) is 18.4 Å². The molecule has 2 aromatic rings. The molecule has 0 radical (unpaired) electrons. The highest BCUT2D eigenvalue weighted by molar-refractivity contribution is 6.30. The van der Waals surface area contributed by atoms with Crippen LogP contribution in [0.15, 0.2) is 42.5 Å². The number of halogens is 2. The van der Waals surface area contributed by atoms with Crippen LogP contribution in [0.3, 0.4) is 0 Å². The van der Waals surface area contributed by atoms with E-state index in [-0.39, 0.29) is 23.3 Å². The number of rotatable bonds is 3. The maximum Gasteiger partial charge on any atom is 0.256 e. The number of piperidine rings is 1. The summed E-state index contributed by atoms with van der Waals surface area (Å²) in [6.07, 6.45) is 1.11. The quantitative estimate of drug-likeness (QED) is 0.871. The molecule has 26 heavy (non-hydrogen) atoms. The number of carbonyl (C=O) groups excluding carboxylic acids is 2. The Bertz CT molecular complexity index is 832. The first kappa shape index (κ1) is 18.4. The summed E-state index contributed by atoms with van der Waals surface area (Å²) in [6, 6.07) is 11.3. The fourth-order valence-corrected chi connectivity index (χ4v) is 3.38. The summed E-state index contributed by atoms with van der Waals surface area (Å²) < 4.78 is 13.8. The van der Waals surface area contributed by atoms with Crippen LogP contribution in [-0.2, 0) is 4.79 Å². The molecular formula is C20H20ClFN2O2. The van der Waals surface area contributed by atoms with Crippen molar-refractivity contribution in [1.82, 2.24) is 4.90 Å². The maximum atomic E-state index is 13.8. The number of benzene rings is 2. The molecule has 1 aliphatic rings. The lowest BCUT2D eigenvalue weighted by atomic mass is 9.95. The number of nitrogens with one attached hydrogen (secondary N) is 1. The molecule has 1 aliphatic heterocycles. The lowest BCUT2D eigenvalue weighted by molar-refractivity contribution is -0.121. The van der Waals surface area contributed by atoms with Gasteiger partial charge in [-0.05, 0) is 55.7 Å². The van der Waals surface area contributed by atoms with E-state index >= 15 is 0 Å². The Morgan fingerprint density at radius 1 is 1.15 bits per heavy atom. The minimum atomic E-state index is -0.518. The smallest absolute Gasteiger partial charge is 0.256 e. The van der Waals surface area contributed by atoms with Gasteiger partial charge in [0, 0.05) is 29.7 Å². The predicted molar refractivity (Wildman–Crippen MR) is 99.8 cm³/mol. The molecule has 0 bridgehead atoms. The molecule has 4 nitrogen and oxygen atoms in total. The van der Waals surface area contributed by atoms with Crippen LogP contribution in [0.25, 0.3) is 0 Å². The average molecular weight is 375 g/mol. The lowest BCUT2D eigenvalue weighted by Gasteiger charge is -2.31. The zero-order valence-electron chi connectivity index (χ0n) is 14.5. The van der Waals surface area contributed by atoms with Gasteiger partial charge in [0.05, 0.1) is 5.56 Å². The Morgan fingerprint density at radius 3 is 2.50 bits per heavy atom. The van der Waals surface area contributed by atoms with Crippen molar-refractivity contribution in [2.45, 2.75) is 19.8 Å². The fraction of sp³-hybridized carbons (Fsp3) is 0.300. The van der Waals surface area contributed by atoms with Crippen LogP contribution >= 0.6 is 11.6 Å². The molecule has 0 unspecified atom stereocenters. The Morgan fingerprint density at radius 2 is 1.85 bits per heavy atom. The van der Waals surface area contributed by atoms with Crippen molar-refractivity contribution in [3.8, 4) is 0 Å². The molecule has 1 N–H and O–H groups in total. The first-order valence-corrected chi connectivity index (χ1v) is 8.94.